The number of benzene rings is 16. The number of esters is 2. The number of ether oxygens (including phenoxy) is 2. The minimum absolute atomic E-state index is 0. The van der Waals surface area contributed by atoms with Gasteiger partial charge in [0.15, 0.2) is 0 Å². The fourth-order valence-corrected chi connectivity index (χ4v) is 24.1. The van der Waals surface area contributed by atoms with Crippen LogP contribution in [0.5, 0.6) is 0 Å². The molecule has 0 amide bonds. The monoisotopic (exact) mass is 2410 g/mol. The summed E-state index contributed by atoms with van der Waals surface area (Å²) in [5.41, 5.74) is 7.32. The Balaban J connectivity index is 0.000000209. The summed E-state index contributed by atoms with van der Waals surface area (Å²) in [4.78, 5) is 43.1. The van der Waals surface area contributed by atoms with Crippen molar-refractivity contribution in [1.29, 1.82) is 0 Å². The number of nitrogens with zero attached hydrogens (tertiary/aromatic N) is 2. The van der Waals surface area contributed by atoms with Crippen molar-refractivity contribution in [2.45, 2.75) is 78.2 Å². The zero-order valence-electron chi connectivity index (χ0n) is 84.5. The van der Waals surface area contributed by atoms with Gasteiger partial charge in [-0.05, 0) is 222 Å². The van der Waals surface area contributed by atoms with Crippen LogP contribution in [-0.2, 0) is 71.7 Å². The molecule has 13 nitrogen and oxygen atoms in total. The van der Waals surface area contributed by atoms with Crippen LogP contribution in [0.1, 0.15) is 88.6 Å². The number of pyridine rings is 2. The Kier molecular flexibility index (Phi) is 55.1. The van der Waals surface area contributed by atoms with Gasteiger partial charge in [0.25, 0.3) is 6.47 Å². The number of aliphatic hydroxyl groups is 2. The summed E-state index contributed by atoms with van der Waals surface area (Å²) >= 11 is 3.25. The van der Waals surface area contributed by atoms with Gasteiger partial charge in [-0.15, -0.1) is 0 Å². The van der Waals surface area contributed by atoms with Crippen molar-refractivity contribution >= 4 is 154 Å². The normalized spacial score (nSPS) is 12.0. The smallest absolute Gasteiger partial charge is 1.00 e. The van der Waals surface area contributed by atoms with Crippen molar-refractivity contribution in [2.24, 2.45) is 0 Å². The van der Waals surface area contributed by atoms with Crippen molar-refractivity contribution in [3.63, 3.8) is 0 Å². The summed E-state index contributed by atoms with van der Waals surface area (Å²) in [6.45, 7) is 12.0. The average Bonchev–Trinajstić information content (AvgIpc) is 1.61. The second-order valence-corrected chi connectivity index (χ2v) is 43.2. The number of carbonyl (C=O) groups is 3. The molecule has 3 heterocycles. The van der Waals surface area contributed by atoms with Gasteiger partial charge in [0.2, 0.25) is 0 Å². The van der Waals surface area contributed by atoms with Gasteiger partial charge in [0, 0.05) is 50.5 Å². The molecule has 1 aliphatic heterocycles. The van der Waals surface area contributed by atoms with Crippen LogP contribution >= 0.6 is 47.6 Å². The molecular formula is C125H116BBrCs2N2O11P4Pd. The van der Waals surface area contributed by atoms with Crippen LogP contribution in [0.4, 0.5) is 0 Å². The Morgan fingerprint density at radius 3 is 0.823 bits per heavy atom. The van der Waals surface area contributed by atoms with Gasteiger partial charge < -0.3 is 40.6 Å². The first kappa shape index (κ1) is 121. The Morgan fingerprint density at radius 1 is 0.354 bits per heavy atom. The number of hydrogen-bond donors (Lipinski definition) is 2. The molecule has 18 aromatic rings. The molecule has 0 bridgehead atoms. The third-order valence-electron chi connectivity index (χ3n) is 22.6. The zero-order chi connectivity index (χ0) is 101. The van der Waals surface area contributed by atoms with Crippen LogP contribution in [0.2, 0.25) is 0 Å². The average molecular weight is 2410 g/mol. The van der Waals surface area contributed by atoms with Crippen LogP contribution in [0.15, 0.2) is 527 Å². The van der Waals surface area contributed by atoms with E-state index < -0.39 is 49.9 Å². The number of carbonyl (C=O) groups excluding carboxylic acids is 3. The second kappa shape index (κ2) is 67.0. The summed E-state index contributed by atoms with van der Waals surface area (Å²) in [7, 11) is -2.15. The zero-order valence-corrected chi connectivity index (χ0v) is 103. The van der Waals surface area contributed by atoms with E-state index in [1.165, 1.54) is 75.8 Å². The summed E-state index contributed by atoms with van der Waals surface area (Å²) in [6.07, 6.45) is 8.52. The number of hydrogen-bond acceptors (Lipinski definition) is 13. The Morgan fingerprint density at radius 2 is 0.592 bits per heavy atom. The van der Waals surface area contributed by atoms with E-state index in [1.54, 1.807) is 38.4 Å². The minimum atomic E-state index is -0.519. The quantitative estimate of drug-likeness (QED) is 0.00805. The van der Waals surface area contributed by atoms with Crippen LogP contribution in [0.25, 0.3) is 23.4 Å². The van der Waals surface area contributed by atoms with Gasteiger partial charge >= 0.3 is 157 Å². The Bertz CT molecular complexity index is 5960. The molecule has 19 rings (SSSR count). The molecule has 1 saturated heterocycles. The van der Waals surface area contributed by atoms with E-state index in [0.717, 1.165) is 54.7 Å². The molecule has 2 aromatic heterocycles. The van der Waals surface area contributed by atoms with E-state index in [-0.39, 0.29) is 204 Å². The fourth-order valence-electron chi connectivity index (χ4n) is 14.7. The van der Waals surface area contributed by atoms with Crippen LogP contribution in [0, 0.1) is 0 Å². The van der Waals surface area contributed by atoms with Gasteiger partial charge in [-0.25, -0.2) is 14.6 Å². The first-order chi connectivity index (χ1) is 70.3. The molecule has 147 heavy (non-hydrogen) atoms. The van der Waals surface area contributed by atoms with Gasteiger partial charge in [0.05, 0.1) is 29.1 Å². The molecule has 16 aromatic carbocycles. The SMILES string of the molecule is C[C@@H](O)c1cccc(-c2ccc(/C=C/C(=O)OCc3ccccc3)cn2)c1.C[C@@H](O)c1cccc(B2OC(C)(C)C(C)(C)O2)c1.O=C(/C=C/c1ccc(Br)nc1)OCc1ccccc1.O=CO[O-].[Cs+].[Cs+].[H-].[Pd].c1ccc(P(c2ccccc2)c2ccccc2)cc1.c1ccc(P(c2ccccc2)c2ccccc2)cc1.c1ccc(P(c2ccccc2)c2ccccc2)cc1.c1ccc(P(c2ccccc2)c2ccccc2)cc1. The summed E-state index contributed by atoms with van der Waals surface area (Å²) in [5, 5.41) is 44.5. The third kappa shape index (κ3) is 40.7. The van der Waals surface area contributed by atoms with Crippen molar-refractivity contribution in [3.8, 4) is 11.3 Å². The van der Waals surface area contributed by atoms with Crippen LogP contribution < -0.4 is 212 Å². The predicted molar refractivity (Wildman–Crippen MR) is 604 cm³/mol. The van der Waals surface area contributed by atoms with E-state index >= 15 is 0 Å². The number of halogens is 1. The topological polar surface area (TPSA) is 187 Å². The molecule has 2 N–H and O–H groups in total. The van der Waals surface area contributed by atoms with Crippen LogP contribution in [-0.4, -0.2) is 56.9 Å². The van der Waals surface area contributed by atoms with E-state index in [0.29, 0.717) is 0 Å². The largest absolute Gasteiger partial charge is 1.00 e. The molecule has 0 saturated carbocycles. The van der Waals surface area contributed by atoms with Crippen molar-refractivity contribution < 1.29 is 213 Å². The molecule has 1 fully saturated rings. The van der Waals surface area contributed by atoms with Gasteiger partial charge in [-0.3, -0.25) is 9.78 Å². The first-order valence-electron chi connectivity index (χ1n) is 47.1. The molecule has 1 aliphatic rings. The first-order valence-corrected chi connectivity index (χ1v) is 53.3. The van der Waals surface area contributed by atoms with Crippen molar-refractivity contribution in [2.75, 3.05) is 0 Å². The van der Waals surface area contributed by atoms with E-state index in [9.17, 15) is 19.8 Å². The molecule has 0 spiro atoms. The molecule has 22 heteroatoms. The van der Waals surface area contributed by atoms with Gasteiger partial charge in [0.1, 0.15) is 17.8 Å². The van der Waals surface area contributed by atoms with Crippen LogP contribution in [0.3, 0.4) is 0 Å². The van der Waals surface area contributed by atoms with Crippen molar-refractivity contribution in [3.05, 3.63) is 560 Å². The third-order valence-corrected chi connectivity index (χ3v) is 32.8. The summed E-state index contributed by atoms with van der Waals surface area (Å²) in [6, 6.07) is 171. The number of aliphatic hydroxyl groups excluding tert-OH is 2. The minimum Gasteiger partial charge on any atom is -1.00 e. The van der Waals surface area contributed by atoms with E-state index in [4.69, 9.17) is 28.8 Å². The fraction of sp³-hybridized carbons (Fsp3) is 0.0960. The van der Waals surface area contributed by atoms with Crippen molar-refractivity contribution in [1.82, 2.24) is 9.97 Å². The second-order valence-electron chi connectivity index (χ2n) is 33.5. The molecule has 0 unspecified atom stereocenters. The Hall–Kier alpha value is -9.46. The maximum Gasteiger partial charge on any atom is 1.00 e. The maximum absolute atomic E-state index is 11.8. The van der Waals surface area contributed by atoms with Gasteiger partial charge in [-0.2, -0.15) is 0 Å². The molecule has 2 atom stereocenters. The number of rotatable bonds is 25. The molecule has 0 radical (unpaired) electrons. The van der Waals surface area contributed by atoms with Gasteiger partial charge in [-0.1, -0.05) is 479 Å². The predicted octanol–water partition coefficient (Wildman–Crippen LogP) is 16.5. The standard InChI is InChI=1S/C23H21NO3.4C18H15P.C15H12BrNO2.C14H21BO3.CH2O3.2Cs.Pd.H/c1-17(25)20-8-5-9-21(14-20)22-12-10-18(15-24-22)11-13-23(26)27-16-19-6-3-2-4-7-19;4*1-4-10-16(11-5-1)19(17-12-6-2-7-13-17)18-14-8-3-9-15-18;16-14-8-6-12(10-17-14)7-9-15(18)19-11-13-4-2-1-3-5-13;1-10(16)11-7-6-8-12(9-11)15-17-13(2,3)14(4,5)18-15;2-1-4-3;;;;/h2-15,17,25H,16H2,1H3;4*1-15H;1-10H,11H2;6-10,16H,1-5H3;1,3H;;;;/q;;;;;;;;2*+1;;-1/p-1/b13-11+;;;;;9-7+;;;;;;/t17-;;;;;;10-;;;;;/m1.....1...../s1. The molecule has 734 valence electrons. The Labute approximate surface area is 1010 Å². The molecular weight excluding hydrogens is 2290 g/mol. The van der Waals surface area contributed by atoms with E-state index in [1.807, 2.05) is 161 Å². The molecule has 0 aliphatic carbocycles. The summed E-state index contributed by atoms with van der Waals surface area (Å²) < 4.78 is 23.0. The summed E-state index contributed by atoms with van der Waals surface area (Å²) in [5.74, 6) is -0.765. The van der Waals surface area contributed by atoms with E-state index in [2.05, 4.69) is 395 Å². The maximum atomic E-state index is 11.8. The number of aromatic nitrogens is 2.